The lowest BCUT2D eigenvalue weighted by atomic mass is 9.96. The number of hydrogen-bond acceptors (Lipinski definition) is 7. The summed E-state index contributed by atoms with van der Waals surface area (Å²) in [6, 6.07) is 8.06. The van der Waals surface area contributed by atoms with Gasteiger partial charge in [0.2, 0.25) is 5.91 Å². The second-order valence-corrected chi connectivity index (χ2v) is 8.41. The van der Waals surface area contributed by atoms with Gasteiger partial charge in [-0.2, -0.15) is 0 Å². The van der Waals surface area contributed by atoms with Crippen LogP contribution < -0.4 is 16.4 Å². The zero-order valence-corrected chi connectivity index (χ0v) is 19.9. The zero-order valence-electron chi connectivity index (χ0n) is 19.9. The molecule has 9 nitrogen and oxygen atoms in total. The highest BCUT2D eigenvalue weighted by molar-refractivity contribution is 5.82. The fourth-order valence-electron chi connectivity index (χ4n) is 3.23. The molecular formula is C24H39N3O6. The predicted octanol–water partition coefficient (Wildman–Crippen LogP) is 2.26. The fraction of sp³-hybridized carbons (Fsp3) is 0.625. The number of esters is 1. The number of amides is 2. The predicted molar refractivity (Wildman–Crippen MR) is 125 cm³/mol. The van der Waals surface area contributed by atoms with Crippen molar-refractivity contribution in [3.8, 4) is 0 Å². The van der Waals surface area contributed by atoms with E-state index in [4.69, 9.17) is 15.2 Å². The molecule has 0 heterocycles. The highest BCUT2D eigenvalue weighted by atomic mass is 16.5. The Morgan fingerprint density at radius 1 is 1.09 bits per heavy atom. The molecule has 0 aliphatic carbocycles. The maximum atomic E-state index is 12.5. The molecule has 0 saturated heterocycles. The van der Waals surface area contributed by atoms with Crippen molar-refractivity contribution in [2.75, 3.05) is 13.2 Å². The minimum Gasteiger partial charge on any atom is -0.466 e. The van der Waals surface area contributed by atoms with E-state index in [0.29, 0.717) is 32.2 Å². The second-order valence-electron chi connectivity index (χ2n) is 8.41. The number of unbranched alkanes of at least 4 members (excludes halogenated alkanes) is 1. The maximum Gasteiger partial charge on any atom is 0.407 e. The topological polar surface area (TPSA) is 140 Å². The van der Waals surface area contributed by atoms with E-state index >= 15 is 0 Å². The summed E-state index contributed by atoms with van der Waals surface area (Å²) in [5.74, 6) is -0.679. The third-order valence-electron chi connectivity index (χ3n) is 4.96. The quantitative estimate of drug-likeness (QED) is 0.230. The van der Waals surface area contributed by atoms with Gasteiger partial charge in [0.05, 0.1) is 31.2 Å². The van der Waals surface area contributed by atoms with Gasteiger partial charge in [-0.05, 0) is 44.1 Å². The molecule has 5 N–H and O–H groups in total. The number of aliphatic hydroxyl groups excluding tert-OH is 1. The third kappa shape index (κ3) is 12.8. The smallest absolute Gasteiger partial charge is 0.407 e. The molecule has 0 aromatic heterocycles. The number of hydrogen-bond donors (Lipinski definition) is 4. The van der Waals surface area contributed by atoms with Crippen LogP contribution in [0.25, 0.3) is 0 Å². The average molecular weight is 466 g/mol. The summed E-state index contributed by atoms with van der Waals surface area (Å²) in [5.41, 5.74) is 6.91. The number of carbonyl (C=O) groups excluding carboxylic acids is 3. The Balaban J connectivity index is 2.31. The van der Waals surface area contributed by atoms with Crippen molar-refractivity contribution in [2.24, 2.45) is 11.7 Å². The lowest BCUT2D eigenvalue weighted by Crippen LogP contribution is -2.50. The minimum atomic E-state index is -1.05. The van der Waals surface area contributed by atoms with Gasteiger partial charge in [-0.15, -0.1) is 0 Å². The molecule has 0 aliphatic heterocycles. The first-order valence-electron chi connectivity index (χ1n) is 11.6. The van der Waals surface area contributed by atoms with Crippen LogP contribution in [0.4, 0.5) is 4.79 Å². The average Bonchev–Trinajstić information content (AvgIpc) is 2.77. The zero-order chi connectivity index (χ0) is 24.6. The van der Waals surface area contributed by atoms with Crippen LogP contribution in [0.3, 0.4) is 0 Å². The molecule has 0 unspecified atom stereocenters. The summed E-state index contributed by atoms with van der Waals surface area (Å²) in [5, 5.41) is 15.8. The molecule has 186 valence electrons. The van der Waals surface area contributed by atoms with Gasteiger partial charge in [0.15, 0.2) is 0 Å². The Kier molecular flexibility index (Phi) is 13.8. The summed E-state index contributed by atoms with van der Waals surface area (Å²) in [6.45, 7) is 6.48. The number of benzene rings is 1. The maximum absolute atomic E-state index is 12.5. The molecule has 0 radical (unpaired) electrons. The molecule has 9 heteroatoms. The highest BCUT2D eigenvalue weighted by Gasteiger charge is 2.27. The van der Waals surface area contributed by atoms with Crippen molar-refractivity contribution >= 4 is 18.0 Å². The first-order chi connectivity index (χ1) is 15.7. The Hall–Kier alpha value is -2.65. The van der Waals surface area contributed by atoms with E-state index in [1.165, 1.54) is 0 Å². The molecule has 2 amide bonds. The first-order valence-corrected chi connectivity index (χ1v) is 11.6. The summed E-state index contributed by atoms with van der Waals surface area (Å²) < 4.78 is 10.0. The molecule has 1 aromatic rings. The lowest BCUT2D eigenvalue weighted by molar-refractivity contribution is -0.146. The molecule has 1 rings (SSSR count). The van der Waals surface area contributed by atoms with Gasteiger partial charge in [0, 0.05) is 6.54 Å². The number of nitrogens with two attached hydrogens (primary N) is 1. The van der Waals surface area contributed by atoms with E-state index in [1.54, 1.807) is 6.92 Å². The summed E-state index contributed by atoms with van der Waals surface area (Å²) >= 11 is 0. The van der Waals surface area contributed by atoms with Gasteiger partial charge >= 0.3 is 12.1 Å². The molecule has 0 fully saturated rings. The number of rotatable bonds is 15. The van der Waals surface area contributed by atoms with Gasteiger partial charge in [-0.3, -0.25) is 9.59 Å². The van der Waals surface area contributed by atoms with Crippen molar-refractivity contribution in [2.45, 2.75) is 77.7 Å². The first kappa shape index (κ1) is 28.4. The van der Waals surface area contributed by atoms with E-state index in [-0.39, 0.29) is 31.5 Å². The van der Waals surface area contributed by atoms with E-state index in [9.17, 15) is 19.5 Å². The molecule has 33 heavy (non-hydrogen) atoms. The van der Waals surface area contributed by atoms with Crippen molar-refractivity contribution < 1.29 is 29.0 Å². The van der Waals surface area contributed by atoms with Gasteiger partial charge < -0.3 is 30.9 Å². The standard InChI is InChI=1S/C24H39N3O6/c1-4-32-22(29)15-21(28)20(14-17(2)3)27-23(30)19(25)12-8-9-13-26-24(31)33-16-18-10-6-5-7-11-18/h5-7,10-11,17,19-21,28H,4,8-9,12-16,25H2,1-3H3,(H,26,31)(H,27,30)/t19-,20-,21-/m0/s1. The highest BCUT2D eigenvalue weighted by Crippen LogP contribution is 2.12. The van der Waals surface area contributed by atoms with Crippen LogP contribution >= 0.6 is 0 Å². The number of aliphatic hydroxyl groups is 1. The normalized spacial score (nSPS) is 13.6. The molecule has 0 bridgehead atoms. The van der Waals surface area contributed by atoms with Crippen molar-refractivity contribution in [1.82, 2.24) is 10.6 Å². The van der Waals surface area contributed by atoms with E-state index in [1.807, 2.05) is 44.2 Å². The SMILES string of the molecule is CCOC(=O)C[C@H](O)[C@H](CC(C)C)NC(=O)[C@@H](N)CCCCNC(=O)OCc1ccccc1. The fourth-order valence-corrected chi connectivity index (χ4v) is 3.23. The molecular weight excluding hydrogens is 426 g/mol. The summed E-state index contributed by atoms with van der Waals surface area (Å²) in [6.07, 6.45) is 0.480. The van der Waals surface area contributed by atoms with Crippen molar-refractivity contribution in [3.05, 3.63) is 35.9 Å². The number of alkyl carbamates (subject to hydrolysis) is 1. The van der Waals surface area contributed by atoms with Gasteiger partial charge in [0.25, 0.3) is 0 Å². The van der Waals surface area contributed by atoms with Crippen molar-refractivity contribution in [1.29, 1.82) is 0 Å². The second kappa shape index (κ2) is 16.0. The summed E-state index contributed by atoms with van der Waals surface area (Å²) in [4.78, 5) is 35.9. The van der Waals surface area contributed by atoms with Crippen LogP contribution in [0.1, 0.15) is 58.4 Å². The van der Waals surface area contributed by atoms with Gasteiger partial charge in [-0.25, -0.2) is 4.79 Å². The van der Waals surface area contributed by atoms with Crippen LogP contribution in [0.2, 0.25) is 0 Å². The van der Waals surface area contributed by atoms with Crippen LogP contribution in [0.5, 0.6) is 0 Å². The van der Waals surface area contributed by atoms with E-state index in [2.05, 4.69) is 10.6 Å². The Labute approximate surface area is 196 Å². The molecule has 0 spiro atoms. The number of carbonyl (C=O) groups is 3. The van der Waals surface area contributed by atoms with Gasteiger partial charge in [0.1, 0.15) is 6.61 Å². The Bertz CT molecular complexity index is 713. The monoisotopic (exact) mass is 465 g/mol. The largest absolute Gasteiger partial charge is 0.466 e. The molecule has 3 atom stereocenters. The van der Waals surface area contributed by atoms with E-state index in [0.717, 1.165) is 5.56 Å². The Morgan fingerprint density at radius 3 is 2.42 bits per heavy atom. The van der Waals surface area contributed by atoms with Crippen LogP contribution in [-0.4, -0.2) is 54.4 Å². The Morgan fingerprint density at radius 2 is 1.79 bits per heavy atom. The summed E-state index contributed by atoms with van der Waals surface area (Å²) in [7, 11) is 0. The van der Waals surface area contributed by atoms with Crippen LogP contribution in [0.15, 0.2) is 30.3 Å². The third-order valence-corrected chi connectivity index (χ3v) is 4.96. The minimum absolute atomic E-state index is 0.188. The van der Waals surface area contributed by atoms with Gasteiger partial charge in [-0.1, -0.05) is 44.2 Å². The molecule has 0 aliphatic rings. The molecule has 1 aromatic carbocycles. The number of nitrogens with one attached hydrogen (secondary N) is 2. The molecule has 0 saturated carbocycles. The van der Waals surface area contributed by atoms with Crippen molar-refractivity contribution in [3.63, 3.8) is 0 Å². The number of ether oxygens (including phenoxy) is 2. The van der Waals surface area contributed by atoms with E-state index < -0.39 is 30.3 Å². The lowest BCUT2D eigenvalue weighted by Gasteiger charge is -2.26. The van der Waals surface area contributed by atoms with Crippen LogP contribution in [0, 0.1) is 5.92 Å². The van der Waals surface area contributed by atoms with Crippen LogP contribution in [-0.2, 0) is 25.7 Å².